The molecule has 0 heterocycles. The Hall–Kier alpha value is -0.520. The Morgan fingerprint density at radius 1 is 1.40 bits per heavy atom. The van der Waals surface area contributed by atoms with Crippen LogP contribution in [0.3, 0.4) is 0 Å². The first-order chi connectivity index (χ1) is 4.72. The van der Waals surface area contributed by atoms with Gasteiger partial charge in [-0.05, 0) is 25.7 Å². The molecule has 0 unspecified atom stereocenters. The minimum absolute atomic E-state index is 0.741. The van der Waals surface area contributed by atoms with E-state index in [0.717, 1.165) is 5.92 Å². The van der Waals surface area contributed by atoms with Gasteiger partial charge in [-0.25, -0.2) is 0 Å². The second-order valence-electron chi connectivity index (χ2n) is 3.30. The fourth-order valence-corrected chi connectivity index (χ4v) is 1.55. The van der Waals surface area contributed by atoms with Crippen molar-refractivity contribution in [3.63, 3.8) is 0 Å². The first kappa shape index (κ1) is 7.59. The summed E-state index contributed by atoms with van der Waals surface area (Å²) in [5.41, 5.74) is 3.13. The number of hydrogen-bond donors (Lipinski definition) is 0. The highest BCUT2D eigenvalue weighted by atomic mass is 14.1. The molecule has 1 aliphatic carbocycles. The van der Waals surface area contributed by atoms with Crippen LogP contribution in [0.4, 0.5) is 0 Å². The van der Waals surface area contributed by atoms with Crippen molar-refractivity contribution in [2.75, 3.05) is 0 Å². The second-order valence-corrected chi connectivity index (χ2v) is 3.30. The summed E-state index contributed by atoms with van der Waals surface area (Å²) in [6.45, 7) is 6.76. The Kier molecular flexibility index (Phi) is 2.31. The van der Waals surface area contributed by atoms with Gasteiger partial charge in [0.05, 0.1) is 0 Å². The predicted octanol–water partition coefficient (Wildman–Crippen LogP) is 3.31. The lowest BCUT2D eigenvalue weighted by molar-refractivity contribution is 0.699. The molecule has 0 spiro atoms. The van der Waals surface area contributed by atoms with Crippen molar-refractivity contribution < 1.29 is 0 Å². The van der Waals surface area contributed by atoms with Crippen molar-refractivity contribution >= 4 is 0 Å². The molecule has 1 rings (SSSR count). The number of allylic oxidation sites excluding steroid dienone is 4. The van der Waals surface area contributed by atoms with E-state index in [1.165, 1.54) is 18.4 Å². The second kappa shape index (κ2) is 3.05. The normalized spacial score (nSPS) is 18.8. The van der Waals surface area contributed by atoms with Crippen LogP contribution in [0.25, 0.3) is 0 Å². The van der Waals surface area contributed by atoms with Crippen molar-refractivity contribution in [1.29, 1.82) is 0 Å². The standard InChI is InChI=1S/C10H16/c1-8(2)10-7-5-4-6-9(10)3/h4,6,8H,5,7H2,1-3H3. The van der Waals surface area contributed by atoms with Crippen LogP contribution >= 0.6 is 0 Å². The quantitative estimate of drug-likeness (QED) is 0.518. The minimum Gasteiger partial charge on any atom is -0.0840 e. The Morgan fingerprint density at radius 3 is 2.50 bits per heavy atom. The van der Waals surface area contributed by atoms with Crippen molar-refractivity contribution in [3.05, 3.63) is 23.3 Å². The summed E-state index contributed by atoms with van der Waals surface area (Å²) in [4.78, 5) is 0. The molecular formula is C10H16. The molecule has 0 aromatic rings. The van der Waals surface area contributed by atoms with Crippen molar-refractivity contribution in [3.8, 4) is 0 Å². The van der Waals surface area contributed by atoms with E-state index in [0.29, 0.717) is 0 Å². The van der Waals surface area contributed by atoms with E-state index in [1.54, 1.807) is 5.57 Å². The van der Waals surface area contributed by atoms with Crippen LogP contribution in [0.2, 0.25) is 0 Å². The van der Waals surface area contributed by atoms with Gasteiger partial charge >= 0.3 is 0 Å². The van der Waals surface area contributed by atoms with Gasteiger partial charge in [0, 0.05) is 0 Å². The molecule has 0 aliphatic heterocycles. The van der Waals surface area contributed by atoms with Crippen LogP contribution in [-0.2, 0) is 0 Å². The highest BCUT2D eigenvalue weighted by Gasteiger charge is 2.07. The van der Waals surface area contributed by atoms with Crippen LogP contribution in [0.5, 0.6) is 0 Å². The van der Waals surface area contributed by atoms with E-state index in [4.69, 9.17) is 0 Å². The molecule has 0 aromatic heterocycles. The molecule has 10 heavy (non-hydrogen) atoms. The first-order valence-electron chi connectivity index (χ1n) is 4.08. The molecule has 0 saturated heterocycles. The average Bonchev–Trinajstić information content (AvgIpc) is 1.88. The van der Waals surface area contributed by atoms with Gasteiger partial charge in [0.25, 0.3) is 0 Å². The molecule has 0 radical (unpaired) electrons. The molecule has 0 nitrogen and oxygen atoms in total. The smallest absolute Gasteiger partial charge is 0.0254 e. The first-order valence-corrected chi connectivity index (χ1v) is 4.08. The van der Waals surface area contributed by atoms with Gasteiger partial charge in [-0.3, -0.25) is 0 Å². The zero-order chi connectivity index (χ0) is 7.56. The Bertz CT molecular complexity index is 170. The summed E-state index contributed by atoms with van der Waals surface area (Å²) in [5.74, 6) is 0.741. The lowest BCUT2D eigenvalue weighted by Gasteiger charge is -2.16. The molecule has 0 N–H and O–H groups in total. The Balaban J connectivity index is 2.79. The molecule has 0 aromatic carbocycles. The lowest BCUT2D eigenvalue weighted by atomic mass is 9.90. The molecule has 0 fully saturated rings. The van der Waals surface area contributed by atoms with Gasteiger partial charge in [-0.15, -0.1) is 0 Å². The molecule has 0 amide bonds. The summed E-state index contributed by atoms with van der Waals surface area (Å²) >= 11 is 0. The highest BCUT2D eigenvalue weighted by molar-refractivity contribution is 5.28. The van der Waals surface area contributed by atoms with E-state index >= 15 is 0 Å². The monoisotopic (exact) mass is 136 g/mol. The maximum absolute atomic E-state index is 2.28. The van der Waals surface area contributed by atoms with Gasteiger partial charge in [0.15, 0.2) is 0 Å². The topological polar surface area (TPSA) is 0 Å². The van der Waals surface area contributed by atoms with Gasteiger partial charge in [0.1, 0.15) is 0 Å². The van der Waals surface area contributed by atoms with Crippen LogP contribution in [0.1, 0.15) is 33.6 Å². The predicted molar refractivity (Wildman–Crippen MR) is 45.9 cm³/mol. The maximum Gasteiger partial charge on any atom is -0.0254 e. The third-order valence-corrected chi connectivity index (χ3v) is 2.15. The molecule has 0 saturated carbocycles. The Morgan fingerprint density at radius 2 is 2.10 bits per heavy atom. The van der Waals surface area contributed by atoms with Gasteiger partial charge in [0.2, 0.25) is 0 Å². The SMILES string of the molecule is CC1=C(C(C)C)CCC=C1. The van der Waals surface area contributed by atoms with E-state index in [2.05, 4.69) is 32.9 Å². The Labute approximate surface area is 63.6 Å². The summed E-state index contributed by atoms with van der Waals surface area (Å²) in [7, 11) is 0. The van der Waals surface area contributed by atoms with Crippen LogP contribution in [0.15, 0.2) is 23.3 Å². The van der Waals surface area contributed by atoms with Crippen molar-refractivity contribution in [2.24, 2.45) is 5.92 Å². The summed E-state index contributed by atoms with van der Waals surface area (Å²) in [5, 5.41) is 0. The van der Waals surface area contributed by atoms with Crippen LogP contribution in [0, 0.1) is 5.92 Å². The molecular weight excluding hydrogens is 120 g/mol. The fraction of sp³-hybridized carbons (Fsp3) is 0.600. The van der Waals surface area contributed by atoms with E-state index in [-0.39, 0.29) is 0 Å². The third-order valence-electron chi connectivity index (χ3n) is 2.15. The summed E-state index contributed by atoms with van der Waals surface area (Å²) in [6.07, 6.45) is 7.03. The van der Waals surface area contributed by atoms with Gasteiger partial charge < -0.3 is 0 Å². The van der Waals surface area contributed by atoms with E-state index in [1.807, 2.05) is 0 Å². The molecule has 56 valence electrons. The molecule has 0 atom stereocenters. The van der Waals surface area contributed by atoms with Crippen molar-refractivity contribution in [1.82, 2.24) is 0 Å². The molecule has 0 bridgehead atoms. The maximum atomic E-state index is 2.28. The number of hydrogen-bond acceptors (Lipinski definition) is 0. The molecule has 0 heteroatoms. The minimum atomic E-state index is 0.741. The van der Waals surface area contributed by atoms with Crippen LogP contribution in [-0.4, -0.2) is 0 Å². The number of rotatable bonds is 1. The highest BCUT2D eigenvalue weighted by Crippen LogP contribution is 2.24. The fourth-order valence-electron chi connectivity index (χ4n) is 1.55. The van der Waals surface area contributed by atoms with Gasteiger partial charge in [-0.2, -0.15) is 0 Å². The summed E-state index contributed by atoms with van der Waals surface area (Å²) < 4.78 is 0. The lowest BCUT2D eigenvalue weighted by Crippen LogP contribution is -1.99. The van der Waals surface area contributed by atoms with Crippen LogP contribution < -0.4 is 0 Å². The van der Waals surface area contributed by atoms with E-state index in [9.17, 15) is 0 Å². The third kappa shape index (κ3) is 1.50. The summed E-state index contributed by atoms with van der Waals surface area (Å²) in [6, 6.07) is 0. The largest absolute Gasteiger partial charge is 0.0840 e. The average molecular weight is 136 g/mol. The zero-order valence-electron chi connectivity index (χ0n) is 7.15. The van der Waals surface area contributed by atoms with E-state index < -0.39 is 0 Å². The zero-order valence-corrected chi connectivity index (χ0v) is 7.15. The van der Waals surface area contributed by atoms with Gasteiger partial charge in [-0.1, -0.05) is 37.1 Å². The van der Waals surface area contributed by atoms with Crippen molar-refractivity contribution in [2.45, 2.75) is 33.6 Å². The molecule has 1 aliphatic rings.